The van der Waals surface area contributed by atoms with E-state index in [2.05, 4.69) is 5.32 Å². The number of benzene rings is 1. The fraction of sp³-hybridized carbons (Fsp3) is 0.500. The minimum atomic E-state index is -0.150. The second kappa shape index (κ2) is 7.59. The zero-order valence-corrected chi connectivity index (χ0v) is 15.1. The molecular formula is C16H22Cl2N4O2. The predicted molar refractivity (Wildman–Crippen MR) is 97.1 cm³/mol. The molecule has 2 heterocycles. The third-order valence-electron chi connectivity index (χ3n) is 4.60. The monoisotopic (exact) mass is 372 g/mol. The number of nitrogens with one attached hydrogen (secondary N) is 1. The Morgan fingerprint density at radius 3 is 2.79 bits per heavy atom. The molecule has 8 heteroatoms. The molecule has 0 aliphatic carbocycles. The van der Waals surface area contributed by atoms with Gasteiger partial charge < -0.3 is 16.0 Å². The third-order valence-corrected chi connectivity index (χ3v) is 4.93. The van der Waals surface area contributed by atoms with Gasteiger partial charge in [-0.2, -0.15) is 0 Å². The molecule has 2 aliphatic heterocycles. The molecule has 3 N–H and O–H groups in total. The molecule has 0 radical (unpaired) electrons. The second-order valence-corrected chi connectivity index (χ2v) is 6.60. The molecule has 3 rings (SSSR count). The number of hydrogen-bond acceptors (Lipinski definition) is 3. The van der Waals surface area contributed by atoms with Crippen LogP contribution in [-0.2, 0) is 0 Å². The van der Waals surface area contributed by atoms with E-state index in [0.29, 0.717) is 48.4 Å². The Hall–Kier alpha value is -1.50. The summed E-state index contributed by atoms with van der Waals surface area (Å²) in [5.74, 6) is 0.236. The van der Waals surface area contributed by atoms with Crippen molar-refractivity contribution in [1.29, 1.82) is 0 Å². The fourth-order valence-corrected chi connectivity index (χ4v) is 3.51. The number of nitrogens with two attached hydrogens (primary N) is 1. The first-order valence-electron chi connectivity index (χ1n) is 7.87. The lowest BCUT2D eigenvalue weighted by atomic mass is 10.1. The Bertz CT molecular complexity index is 641. The molecule has 2 atom stereocenters. The molecule has 0 bridgehead atoms. The number of halogens is 2. The molecule has 1 aromatic carbocycles. The number of rotatable bonds is 3. The van der Waals surface area contributed by atoms with Crippen molar-refractivity contribution >= 4 is 41.6 Å². The van der Waals surface area contributed by atoms with E-state index in [9.17, 15) is 9.59 Å². The molecule has 6 nitrogen and oxygen atoms in total. The van der Waals surface area contributed by atoms with Gasteiger partial charge in [-0.25, -0.2) is 4.79 Å². The number of urea groups is 1. The van der Waals surface area contributed by atoms with Gasteiger partial charge in [-0.15, -0.1) is 12.4 Å². The van der Waals surface area contributed by atoms with Gasteiger partial charge in [0.05, 0.1) is 10.6 Å². The number of anilines is 1. The van der Waals surface area contributed by atoms with Gasteiger partial charge in [-0.3, -0.25) is 9.69 Å². The number of carbonyl (C=O) groups is 2. The minimum Gasteiger partial charge on any atom is -0.336 e. The van der Waals surface area contributed by atoms with Crippen molar-refractivity contribution in [3.05, 3.63) is 28.8 Å². The van der Waals surface area contributed by atoms with Crippen molar-refractivity contribution in [3.63, 3.8) is 0 Å². The average Bonchev–Trinajstić information content (AvgIpc) is 3.13. The molecule has 3 amide bonds. The SMILES string of the molecule is CC1CC(CN)CN1C(=O)c1cc(N2CCNC2=O)ccc1Cl.Cl. The lowest BCUT2D eigenvalue weighted by Gasteiger charge is -2.23. The maximum atomic E-state index is 12.9. The Morgan fingerprint density at radius 2 is 2.21 bits per heavy atom. The highest BCUT2D eigenvalue weighted by molar-refractivity contribution is 6.34. The molecule has 24 heavy (non-hydrogen) atoms. The van der Waals surface area contributed by atoms with Crippen molar-refractivity contribution in [1.82, 2.24) is 10.2 Å². The summed E-state index contributed by atoms with van der Waals surface area (Å²) in [5.41, 5.74) is 6.86. The van der Waals surface area contributed by atoms with Crippen LogP contribution in [0.3, 0.4) is 0 Å². The van der Waals surface area contributed by atoms with Crippen LogP contribution < -0.4 is 16.0 Å². The molecular weight excluding hydrogens is 351 g/mol. The van der Waals surface area contributed by atoms with E-state index in [1.807, 2.05) is 11.8 Å². The van der Waals surface area contributed by atoms with E-state index in [4.69, 9.17) is 17.3 Å². The van der Waals surface area contributed by atoms with E-state index in [-0.39, 0.29) is 30.4 Å². The van der Waals surface area contributed by atoms with E-state index < -0.39 is 0 Å². The number of likely N-dealkylation sites (tertiary alicyclic amines) is 1. The second-order valence-electron chi connectivity index (χ2n) is 6.19. The van der Waals surface area contributed by atoms with E-state index in [0.717, 1.165) is 6.42 Å². The summed E-state index contributed by atoms with van der Waals surface area (Å²) in [4.78, 5) is 28.1. The van der Waals surface area contributed by atoms with Crippen LogP contribution in [0.1, 0.15) is 23.7 Å². The Kier molecular flexibility index (Phi) is 5.96. The smallest absolute Gasteiger partial charge is 0.321 e. The normalized spacial score (nSPS) is 23.2. The van der Waals surface area contributed by atoms with E-state index in [1.165, 1.54) is 0 Å². The summed E-state index contributed by atoms with van der Waals surface area (Å²) in [5, 5.41) is 3.16. The first kappa shape index (κ1) is 18.8. The first-order chi connectivity index (χ1) is 11.0. The first-order valence-corrected chi connectivity index (χ1v) is 8.25. The van der Waals surface area contributed by atoms with Crippen molar-refractivity contribution in [2.75, 3.05) is 31.1 Å². The van der Waals surface area contributed by atoms with Gasteiger partial charge in [0.15, 0.2) is 0 Å². The van der Waals surface area contributed by atoms with Gasteiger partial charge in [0, 0.05) is 31.4 Å². The van der Waals surface area contributed by atoms with Crippen molar-refractivity contribution in [2.24, 2.45) is 11.7 Å². The summed E-state index contributed by atoms with van der Waals surface area (Å²) in [6, 6.07) is 5.14. The van der Waals surface area contributed by atoms with Crippen LogP contribution in [-0.4, -0.2) is 49.1 Å². The molecule has 132 valence electrons. The highest BCUT2D eigenvalue weighted by atomic mass is 35.5. The van der Waals surface area contributed by atoms with Gasteiger partial charge in [-0.1, -0.05) is 11.6 Å². The quantitative estimate of drug-likeness (QED) is 0.852. The van der Waals surface area contributed by atoms with Crippen molar-refractivity contribution in [3.8, 4) is 0 Å². The maximum absolute atomic E-state index is 12.9. The number of amides is 3. The molecule has 2 unspecified atom stereocenters. The highest BCUT2D eigenvalue weighted by Crippen LogP contribution is 2.29. The number of hydrogen-bond donors (Lipinski definition) is 2. The van der Waals surface area contributed by atoms with Crippen LogP contribution in [0.2, 0.25) is 5.02 Å². The van der Waals surface area contributed by atoms with Crippen molar-refractivity contribution in [2.45, 2.75) is 19.4 Å². The minimum absolute atomic E-state index is 0. The van der Waals surface area contributed by atoms with Crippen LogP contribution in [0.15, 0.2) is 18.2 Å². The Morgan fingerprint density at radius 1 is 1.46 bits per heavy atom. The average molecular weight is 373 g/mol. The molecule has 2 fully saturated rings. The predicted octanol–water partition coefficient (Wildman–Crippen LogP) is 2.10. The van der Waals surface area contributed by atoms with Crippen molar-refractivity contribution < 1.29 is 9.59 Å². The van der Waals surface area contributed by atoms with Gasteiger partial charge in [-0.05, 0) is 44.0 Å². The molecule has 2 saturated heterocycles. The van der Waals surface area contributed by atoms with Gasteiger partial charge >= 0.3 is 6.03 Å². The van der Waals surface area contributed by atoms with Gasteiger partial charge in [0.2, 0.25) is 0 Å². The van der Waals surface area contributed by atoms with E-state index in [1.54, 1.807) is 23.1 Å². The molecule has 1 aromatic rings. The zero-order valence-electron chi connectivity index (χ0n) is 13.5. The van der Waals surface area contributed by atoms with E-state index >= 15 is 0 Å². The molecule has 0 aromatic heterocycles. The molecule has 0 saturated carbocycles. The number of nitrogens with zero attached hydrogens (tertiary/aromatic N) is 2. The topological polar surface area (TPSA) is 78.7 Å². The van der Waals surface area contributed by atoms with Crippen LogP contribution >= 0.6 is 24.0 Å². The maximum Gasteiger partial charge on any atom is 0.321 e. The Balaban J connectivity index is 0.00000208. The number of carbonyl (C=O) groups excluding carboxylic acids is 2. The van der Waals surface area contributed by atoms with Crippen LogP contribution in [0.4, 0.5) is 10.5 Å². The van der Waals surface area contributed by atoms with Gasteiger partial charge in [0.1, 0.15) is 0 Å². The van der Waals surface area contributed by atoms with Gasteiger partial charge in [0.25, 0.3) is 5.91 Å². The van der Waals surface area contributed by atoms with Crippen LogP contribution in [0.5, 0.6) is 0 Å². The summed E-state index contributed by atoms with van der Waals surface area (Å²) in [6.07, 6.45) is 0.911. The highest BCUT2D eigenvalue weighted by Gasteiger charge is 2.33. The zero-order chi connectivity index (χ0) is 16.6. The Labute approximate surface area is 152 Å². The summed E-state index contributed by atoms with van der Waals surface area (Å²) in [6.45, 7) is 4.45. The largest absolute Gasteiger partial charge is 0.336 e. The lowest BCUT2D eigenvalue weighted by Crippen LogP contribution is -2.35. The fourth-order valence-electron chi connectivity index (χ4n) is 3.31. The molecule has 0 spiro atoms. The standard InChI is InChI=1S/C16H21ClN4O2.ClH/c1-10-6-11(8-18)9-21(10)15(22)13-7-12(2-3-14(13)17)20-5-4-19-16(20)23;/h2-3,7,10-11H,4-6,8-9,18H2,1H3,(H,19,23);1H. The summed E-state index contributed by atoms with van der Waals surface area (Å²) >= 11 is 6.24. The van der Waals surface area contributed by atoms with Crippen LogP contribution in [0.25, 0.3) is 0 Å². The lowest BCUT2D eigenvalue weighted by molar-refractivity contribution is 0.0743. The van der Waals surface area contributed by atoms with Crippen LogP contribution in [0, 0.1) is 5.92 Å². The molecule has 2 aliphatic rings. The summed E-state index contributed by atoms with van der Waals surface area (Å²) < 4.78 is 0. The third kappa shape index (κ3) is 3.45. The summed E-state index contributed by atoms with van der Waals surface area (Å²) in [7, 11) is 0.